The quantitative estimate of drug-likeness (QED) is 0.154. The lowest BCUT2D eigenvalue weighted by atomic mass is 9.99. The van der Waals surface area contributed by atoms with E-state index < -0.39 is 0 Å². The number of rotatable bonds is 8. The number of anilines is 3. The first-order chi connectivity index (χ1) is 29.7. The van der Waals surface area contributed by atoms with Gasteiger partial charge in [0.05, 0.1) is 5.56 Å². The number of furan rings is 1. The molecule has 0 N–H and O–H groups in total. The number of hydrogen-bond donors (Lipinski definition) is 0. The Balaban J connectivity index is 1.10. The van der Waals surface area contributed by atoms with E-state index in [0.29, 0.717) is 17.5 Å². The van der Waals surface area contributed by atoms with Crippen molar-refractivity contribution < 1.29 is 4.42 Å². The van der Waals surface area contributed by atoms with Crippen molar-refractivity contribution in [2.45, 2.75) is 0 Å². The Morgan fingerprint density at radius 1 is 0.333 bits per heavy atom. The zero-order valence-electron chi connectivity index (χ0n) is 32.5. The van der Waals surface area contributed by atoms with Crippen LogP contribution < -0.4 is 4.90 Å². The predicted molar refractivity (Wildman–Crippen MR) is 246 cm³/mol. The summed E-state index contributed by atoms with van der Waals surface area (Å²) in [5.41, 5.74) is 11.9. The molecule has 0 spiro atoms. The van der Waals surface area contributed by atoms with Crippen molar-refractivity contribution in [3.8, 4) is 56.4 Å². The molecule has 11 rings (SSSR count). The van der Waals surface area contributed by atoms with Crippen molar-refractivity contribution in [3.63, 3.8) is 0 Å². The first-order valence-electron chi connectivity index (χ1n) is 20.1. The van der Waals surface area contributed by atoms with Gasteiger partial charge in [0.1, 0.15) is 11.2 Å². The minimum atomic E-state index is 0.552. The highest BCUT2D eigenvalue weighted by molar-refractivity contribution is 6.22. The summed E-state index contributed by atoms with van der Waals surface area (Å²) in [6.07, 6.45) is 0. The normalized spacial score (nSPS) is 11.3. The van der Waals surface area contributed by atoms with E-state index in [1.54, 1.807) is 0 Å². The molecular formula is C55H36N4O. The van der Waals surface area contributed by atoms with Crippen LogP contribution in [0.4, 0.5) is 17.1 Å². The fraction of sp³-hybridized carbons (Fsp3) is 0. The van der Waals surface area contributed by atoms with Crippen LogP contribution >= 0.6 is 0 Å². The van der Waals surface area contributed by atoms with Gasteiger partial charge in [-0.3, -0.25) is 0 Å². The van der Waals surface area contributed by atoms with Gasteiger partial charge in [0.2, 0.25) is 0 Å². The summed E-state index contributed by atoms with van der Waals surface area (Å²) < 4.78 is 7.03. The second-order valence-electron chi connectivity index (χ2n) is 14.8. The van der Waals surface area contributed by atoms with Crippen LogP contribution in [0, 0.1) is 0 Å². The van der Waals surface area contributed by atoms with Gasteiger partial charge in [-0.15, -0.1) is 0 Å². The number of fused-ring (bicyclic) bond motifs is 5. The predicted octanol–water partition coefficient (Wildman–Crippen LogP) is 14.7. The maximum atomic E-state index is 7.03. The van der Waals surface area contributed by atoms with E-state index in [0.717, 1.165) is 77.6 Å². The molecule has 60 heavy (non-hydrogen) atoms. The third kappa shape index (κ3) is 6.45. The van der Waals surface area contributed by atoms with E-state index >= 15 is 0 Å². The molecule has 0 atom stereocenters. The largest absolute Gasteiger partial charge is 0.455 e. The third-order valence-electron chi connectivity index (χ3n) is 11.1. The van der Waals surface area contributed by atoms with E-state index in [9.17, 15) is 0 Å². The summed E-state index contributed by atoms with van der Waals surface area (Å²) >= 11 is 0. The van der Waals surface area contributed by atoms with Crippen molar-refractivity contribution in [1.82, 2.24) is 15.0 Å². The summed E-state index contributed by atoms with van der Waals surface area (Å²) in [4.78, 5) is 17.5. The minimum Gasteiger partial charge on any atom is -0.455 e. The van der Waals surface area contributed by atoms with Crippen molar-refractivity contribution in [2.75, 3.05) is 4.90 Å². The number of nitrogens with zero attached hydrogens (tertiary/aromatic N) is 4. The number of aromatic nitrogens is 3. The first kappa shape index (κ1) is 35.0. The van der Waals surface area contributed by atoms with Gasteiger partial charge in [0.25, 0.3) is 0 Å². The minimum absolute atomic E-state index is 0.552. The Bertz CT molecular complexity index is 3140. The Kier molecular flexibility index (Phi) is 8.75. The third-order valence-corrected chi connectivity index (χ3v) is 11.1. The highest BCUT2D eigenvalue weighted by Gasteiger charge is 2.22. The average molecular weight is 769 g/mol. The van der Waals surface area contributed by atoms with Gasteiger partial charge in [0.15, 0.2) is 17.5 Å². The molecule has 0 bridgehead atoms. The van der Waals surface area contributed by atoms with Crippen molar-refractivity contribution in [1.29, 1.82) is 0 Å². The Hall–Kier alpha value is -8.15. The molecule has 9 aromatic carbocycles. The molecule has 5 heteroatoms. The second-order valence-corrected chi connectivity index (χ2v) is 14.8. The van der Waals surface area contributed by atoms with Crippen LogP contribution in [0.25, 0.3) is 89.1 Å². The molecule has 11 aromatic rings. The van der Waals surface area contributed by atoms with Gasteiger partial charge in [0, 0.05) is 45.0 Å². The summed E-state index contributed by atoms with van der Waals surface area (Å²) in [6.45, 7) is 0. The van der Waals surface area contributed by atoms with E-state index in [4.69, 9.17) is 19.4 Å². The fourth-order valence-corrected chi connectivity index (χ4v) is 8.16. The van der Waals surface area contributed by atoms with Crippen LogP contribution in [0.1, 0.15) is 0 Å². The molecule has 0 unspecified atom stereocenters. The zero-order valence-corrected chi connectivity index (χ0v) is 32.5. The number of benzene rings is 9. The molecular weight excluding hydrogens is 733 g/mol. The summed E-state index contributed by atoms with van der Waals surface area (Å²) in [7, 11) is 0. The van der Waals surface area contributed by atoms with Gasteiger partial charge in [-0.2, -0.15) is 0 Å². The standard InChI is InChI=1S/C55H36N4O/c1-5-15-37(16-6-1)39-25-29-44(30-26-39)59(45-31-27-40(28-32-45)38-17-7-2-8-18-38)46-33-34-48-50(36-46)60-52-49(35-43-23-13-14-24-47(43)51(48)52)55-57-53(41-19-9-3-10-20-41)56-54(58-55)42-21-11-4-12-22-42/h1-36H. The Morgan fingerprint density at radius 3 is 1.30 bits per heavy atom. The van der Waals surface area contributed by atoms with E-state index in [-0.39, 0.29) is 0 Å². The van der Waals surface area contributed by atoms with Crippen LogP contribution in [-0.2, 0) is 0 Å². The smallest absolute Gasteiger partial charge is 0.167 e. The number of hydrogen-bond acceptors (Lipinski definition) is 5. The summed E-state index contributed by atoms with van der Waals surface area (Å²) in [5, 5.41) is 4.23. The Labute approximate surface area is 347 Å². The van der Waals surface area contributed by atoms with Crippen molar-refractivity contribution in [2.24, 2.45) is 0 Å². The lowest BCUT2D eigenvalue weighted by Crippen LogP contribution is -2.09. The van der Waals surface area contributed by atoms with Gasteiger partial charge in [-0.05, 0) is 75.5 Å². The SMILES string of the molecule is c1ccc(-c2ccc(N(c3ccc(-c4ccccc4)cc3)c3ccc4c(c3)oc3c(-c5nc(-c6ccccc6)nc(-c6ccccc6)n5)cc5ccccc5c34)cc2)cc1. The summed E-state index contributed by atoms with van der Waals surface area (Å²) in [5.74, 6) is 1.76. The molecule has 0 aliphatic rings. The van der Waals surface area contributed by atoms with Crippen LogP contribution in [0.5, 0.6) is 0 Å². The van der Waals surface area contributed by atoms with E-state index in [2.05, 4.69) is 150 Å². The topological polar surface area (TPSA) is 55.1 Å². The Morgan fingerprint density at radius 2 is 0.767 bits per heavy atom. The molecule has 2 aromatic heterocycles. The van der Waals surface area contributed by atoms with Crippen LogP contribution in [0.15, 0.2) is 223 Å². The second kappa shape index (κ2) is 15.0. The highest BCUT2D eigenvalue weighted by atomic mass is 16.3. The first-order valence-corrected chi connectivity index (χ1v) is 20.1. The van der Waals surface area contributed by atoms with Crippen molar-refractivity contribution >= 4 is 49.8 Å². The van der Waals surface area contributed by atoms with Gasteiger partial charge in [-0.25, -0.2) is 15.0 Å². The molecule has 0 fully saturated rings. The fourth-order valence-electron chi connectivity index (χ4n) is 8.16. The molecule has 0 aliphatic heterocycles. The lowest BCUT2D eigenvalue weighted by Gasteiger charge is -2.26. The van der Waals surface area contributed by atoms with E-state index in [1.165, 1.54) is 11.1 Å². The van der Waals surface area contributed by atoms with Gasteiger partial charge in [-0.1, -0.05) is 170 Å². The molecule has 282 valence electrons. The molecule has 0 amide bonds. The molecule has 2 heterocycles. The molecule has 0 saturated carbocycles. The molecule has 0 aliphatic carbocycles. The van der Waals surface area contributed by atoms with Crippen LogP contribution in [-0.4, -0.2) is 15.0 Å². The maximum absolute atomic E-state index is 7.03. The van der Waals surface area contributed by atoms with E-state index in [1.807, 2.05) is 72.8 Å². The summed E-state index contributed by atoms with van der Waals surface area (Å²) in [6, 6.07) is 75.8. The van der Waals surface area contributed by atoms with Crippen LogP contribution in [0.3, 0.4) is 0 Å². The monoisotopic (exact) mass is 768 g/mol. The van der Waals surface area contributed by atoms with Crippen molar-refractivity contribution in [3.05, 3.63) is 218 Å². The maximum Gasteiger partial charge on any atom is 0.167 e. The van der Waals surface area contributed by atoms with Gasteiger partial charge >= 0.3 is 0 Å². The van der Waals surface area contributed by atoms with Crippen LogP contribution in [0.2, 0.25) is 0 Å². The molecule has 5 nitrogen and oxygen atoms in total. The molecule has 0 saturated heterocycles. The average Bonchev–Trinajstić information content (AvgIpc) is 3.72. The highest BCUT2D eigenvalue weighted by Crippen LogP contribution is 2.44. The van der Waals surface area contributed by atoms with Gasteiger partial charge < -0.3 is 9.32 Å². The molecule has 0 radical (unpaired) electrons. The zero-order chi connectivity index (χ0) is 39.8. The lowest BCUT2D eigenvalue weighted by molar-refractivity contribution is 0.670.